The number of allylic oxidation sites excluding steroid dienone is 1. The second-order valence-corrected chi connectivity index (χ2v) is 9.07. The van der Waals surface area contributed by atoms with Gasteiger partial charge in [0.05, 0.1) is 0 Å². The molecule has 7 heteroatoms. The van der Waals surface area contributed by atoms with E-state index >= 15 is 0 Å². The minimum atomic E-state index is -0.939. The Morgan fingerprint density at radius 2 is 2.00 bits per heavy atom. The van der Waals surface area contributed by atoms with Crippen molar-refractivity contribution in [2.75, 3.05) is 0 Å². The topological polar surface area (TPSA) is 93.8 Å². The van der Waals surface area contributed by atoms with Gasteiger partial charge in [0.2, 0.25) is 0 Å². The number of aryl methyl sites for hydroxylation is 1. The average molecular weight is 440 g/mol. The fourth-order valence-electron chi connectivity index (χ4n) is 2.82. The number of ketones is 1. The first-order chi connectivity index (χ1) is 13.0. The molecule has 134 valence electrons. The summed E-state index contributed by atoms with van der Waals surface area (Å²) in [4.78, 5) is 25.7. The molecule has 1 aliphatic heterocycles. The van der Waals surface area contributed by atoms with Crippen molar-refractivity contribution in [2.45, 2.75) is 18.2 Å². The van der Waals surface area contributed by atoms with Gasteiger partial charge in [0.1, 0.15) is 0 Å². The van der Waals surface area contributed by atoms with Gasteiger partial charge in [-0.1, -0.05) is 0 Å². The summed E-state index contributed by atoms with van der Waals surface area (Å²) in [5.41, 5.74) is 2.08. The molecule has 0 spiro atoms. The Labute approximate surface area is 167 Å². The van der Waals surface area contributed by atoms with Crippen molar-refractivity contribution in [1.29, 1.82) is 10.5 Å². The van der Waals surface area contributed by atoms with Crippen LogP contribution in [0.2, 0.25) is 5.32 Å². The number of amides is 1. The first-order valence-corrected chi connectivity index (χ1v) is 11.1. The van der Waals surface area contributed by atoms with Gasteiger partial charge in [-0.2, -0.15) is 0 Å². The Balaban J connectivity index is 1.87. The number of carbonyl (C=O) groups excluding carboxylic acids is 2. The molecule has 2 aromatic rings. The molecular formula is C20H15N3O2SSe. The number of nitrogens with zero attached hydrogens (tertiary/aromatic N) is 2. The summed E-state index contributed by atoms with van der Waals surface area (Å²) in [6.45, 7) is 1.95. The van der Waals surface area contributed by atoms with Gasteiger partial charge >= 0.3 is 168 Å². The molecule has 0 saturated heterocycles. The molecule has 2 atom stereocenters. The fourth-order valence-corrected chi connectivity index (χ4v) is 5.67. The Morgan fingerprint density at radius 3 is 2.59 bits per heavy atom. The van der Waals surface area contributed by atoms with Crippen LogP contribution in [0.5, 0.6) is 0 Å². The molecule has 3 rings (SSSR count). The Bertz CT molecular complexity index is 982. The van der Waals surface area contributed by atoms with Crippen LogP contribution in [-0.4, -0.2) is 26.6 Å². The number of benzene rings is 1. The van der Waals surface area contributed by atoms with E-state index in [0.29, 0.717) is 15.7 Å². The van der Waals surface area contributed by atoms with Gasteiger partial charge in [-0.25, -0.2) is 0 Å². The van der Waals surface area contributed by atoms with Crippen LogP contribution < -0.4 is 5.32 Å². The Morgan fingerprint density at radius 1 is 1.26 bits per heavy atom. The first kappa shape index (κ1) is 19.1. The van der Waals surface area contributed by atoms with Crippen molar-refractivity contribution in [2.24, 2.45) is 5.92 Å². The zero-order valence-corrected chi connectivity index (χ0v) is 17.0. The van der Waals surface area contributed by atoms with Crippen LogP contribution in [0.25, 0.3) is 0 Å². The quantitative estimate of drug-likeness (QED) is 0.571. The van der Waals surface area contributed by atoms with Crippen LogP contribution in [0.3, 0.4) is 0 Å². The number of carbonyl (C=O) groups is 2. The molecule has 1 N–H and O–H groups in total. The van der Waals surface area contributed by atoms with E-state index < -0.39 is 32.7 Å². The van der Waals surface area contributed by atoms with Gasteiger partial charge in [-0.15, -0.1) is 0 Å². The second-order valence-electron chi connectivity index (χ2n) is 6.02. The van der Waals surface area contributed by atoms with E-state index in [1.54, 1.807) is 12.1 Å². The molecule has 1 aromatic heterocycles. The van der Waals surface area contributed by atoms with Crippen molar-refractivity contribution in [1.82, 2.24) is 5.32 Å². The molecule has 2 unspecified atom stereocenters. The molecule has 1 aliphatic rings. The van der Waals surface area contributed by atoms with Gasteiger partial charge in [0.25, 0.3) is 0 Å². The van der Waals surface area contributed by atoms with E-state index in [9.17, 15) is 20.1 Å². The predicted molar refractivity (Wildman–Crippen MR) is 103 cm³/mol. The predicted octanol–water partition coefficient (Wildman–Crippen LogP) is 3.15. The third-order valence-electron chi connectivity index (χ3n) is 4.24. The number of nitrogens with one attached hydrogen (secondary N) is 1. The monoisotopic (exact) mass is 441 g/mol. The van der Waals surface area contributed by atoms with E-state index in [-0.39, 0.29) is 11.1 Å². The normalized spacial score (nSPS) is 19.1. The molecule has 1 aromatic carbocycles. The summed E-state index contributed by atoms with van der Waals surface area (Å²) in [7, 11) is 0. The van der Waals surface area contributed by atoms with Crippen molar-refractivity contribution >= 4 is 38.0 Å². The van der Waals surface area contributed by atoms with Gasteiger partial charge in [0.15, 0.2) is 0 Å². The summed E-state index contributed by atoms with van der Waals surface area (Å²) >= 11 is 1.01. The minimum absolute atomic E-state index is 0.0240. The fraction of sp³-hybridized carbons (Fsp3) is 0.200. The number of nitriles is 2. The van der Waals surface area contributed by atoms with Gasteiger partial charge in [-0.3, -0.25) is 0 Å². The molecule has 0 saturated carbocycles. The molecule has 27 heavy (non-hydrogen) atoms. The summed E-state index contributed by atoms with van der Waals surface area (Å²) in [6, 6.07) is 15.2. The third-order valence-corrected chi connectivity index (χ3v) is 7.33. The third kappa shape index (κ3) is 4.02. The van der Waals surface area contributed by atoms with Crippen molar-refractivity contribution < 1.29 is 9.59 Å². The average Bonchev–Trinajstić information content (AvgIpc) is 3.20. The Hall–Kier alpha value is -2.70. The van der Waals surface area contributed by atoms with Crippen LogP contribution >= 0.6 is 11.3 Å². The molecule has 0 fully saturated rings. The zero-order valence-electron chi connectivity index (χ0n) is 14.4. The number of thiophene rings is 1. The van der Waals surface area contributed by atoms with Gasteiger partial charge in [0, 0.05) is 0 Å². The van der Waals surface area contributed by atoms with E-state index in [1.165, 1.54) is 11.3 Å². The Kier molecular flexibility index (Phi) is 5.88. The maximum absolute atomic E-state index is 12.5. The van der Waals surface area contributed by atoms with Crippen LogP contribution in [0.15, 0.2) is 51.9 Å². The van der Waals surface area contributed by atoms with Crippen LogP contribution in [0.1, 0.15) is 26.7 Å². The summed E-state index contributed by atoms with van der Waals surface area (Å²) in [6.07, 6.45) is 0. The van der Waals surface area contributed by atoms with Crippen LogP contribution in [0, 0.1) is 35.5 Å². The van der Waals surface area contributed by atoms with E-state index in [1.807, 2.05) is 42.6 Å². The first-order valence-electron chi connectivity index (χ1n) is 8.16. The second kappa shape index (κ2) is 8.33. The molecule has 0 radical (unpaired) electrons. The summed E-state index contributed by atoms with van der Waals surface area (Å²) in [5.74, 6) is -1.94. The van der Waals surface area contributed by atoms with Crippen molar-refractivity contribution in [3.05, 3.63) is 68.0 Å². The van der Waals surface area contributed by atoms with Crippen LogP contribution in [-0.2, 0) is 4.79 Å². The number of rotatable bonds is 5. The van der Waals surface area contributed by atoms with Gasteiger partial charge < -0.3 is 0 Å². The summed E-state index contributed by atoms with van der Waals surface area (Å²) in [5, 5.41) is 23.9. The van der Waals surface area contributed by atoms with Crippen molar-refractivity contribution in [3.8, 4) is 12.1 Å². The number of hydrogen-bond donors (Lipinski definition) is 1. The molecule has 0 bridgehead atoms. The SMILES string of the molecule is Cc1ccc(C(=O)C[Se]C2=C(C#N)C(c3cccs3)C(C#N)C(=O)N2)cc1. The van der Waals surface area contributed by atoms with Gasteiger partial charge in [-0.05, 0) is 0 Å². The van der Waals surface area contributed by atoms with Crippen LogP contribution in [0.4, 0.5) is 0 Å². The van der Waals surface area contributed by atoms with E-state index in [4.69, 9.17) is 0 Å². The van der Waals surface area contributed by atoms with E-state index in [0.717, 1.165) is 10.4 Å². The van der Waals surface area contributed by atoms with Crippen molar-refractivity contribution in [3.63, 3.8) is 0 Å². The van der Waals surface area contributed by atoms with E-state index in [2.05, 4.69) is 11.4 Å². The molecule has 2 heterocycles. The summed E-state index contributed by atoms with van der Waals surface area (Å²) < 4.78 is 0.500. The molecular weight excluding hydrogens is 425 g/mol. The molecule has 0 aliphatic carbocycles. The number of Topliss-reactive ketones (excluding diaryl/α,β-unsaturated/α-hetero) is 1. The molecule has 1 amide bonds. The number of hydrogen-bond acceptors (Lipinski definition) is 5. The standard InChI is InChI=1S/C20H15N3O2SSe/c1-12-4-6-13(7-5-12)16(24)11-27-20-15(10-22)18(17-3-2-8-26-17)14(9-21)19(25)23-20/h2-8,14,18H,11H2,1H3,(H,23,25). The molecule has 5 nitrogen and oxygen atoms in total. The zero-order chi connectivity index (χ0) is 19.4. The maximum atomic E-state index is 12.5.